The van der Waals surface area contributed by atoms with Crippen molar-refractivity contribution in [2.24, 2.45) is 0 Å². The van der Waals surface area contributed by atoms with E-state index in [1.807, 2.05) is 12.1 Å². The molecule has 314 valence electrons. The summed E-state index contributed by atoms with van der Waals surface area (Å²) in [6, 6.07) is 92.2. The van der Waals surface area contributed by atoms with E-state index in [4.69, 9.17) is 4.42 Å². The van der Waals surface area contributed by atoms with Crippen molar-refractivity contribution in [3.05, 3.63) is 255 Å². The predicted octanol–water partition coefficient (Wildman–Crippen LogP) is 18.0. The van der Waals surface area contributed by atoms with Gasteiger partial charge < -0.3 is 13.9 Å². The first-order chi connectivity index (χ1) is 33.3. The van der Waals surface area contributed by atoms with Gasteiger partial charge in [-0.25, -0.2) is 0 Å². The molecule has 0 spiro atoms. The number of para-hydroxylation sites is 7. The van der Waals surface area contributed by atoms with E-state index < -0.39 is 0 Å². The van der Waals surface area contributed by atoms with Crippen LogP contribution in [0.25, 0.3) is 105 Å². The van der Waals surface area contributed by atoms with Gasteiger partial charge in [0.2, 0.25) is 0 Å². The second kappa shape index (κ2) is 16.0. The Balaban J connectivity index is 1.12. The molecule has 13 aromatic rings. The molecule has 0 saturated carbocycles. The average molecular weight is 855 g/mol. The summed E-state index contributed by atoms with van der Waals surface area (Å²) in [5, 5.41) is 7.06. The second-order valence-electron chi connectivity index (χ2n) is 17.2. The Morgan fingerprint density at radius 1 is 0.313 bits per heavy atom. The van der Waals surface area contributed by atoms with Crippen LogP contribution in [-0.2, 0) is 0 Å². The normalized spacial score (nSPS) is 11.6. The lowest BCUT2D eigenvalue weighted by atomic mass is 9.90. The van der Waals surface area contributed by atoms with E-state index in [9.17, 15) is 0 Å². The van der Waals surface area contributed by atoms with Gasteiger partial charge in [0.25, 0.3) is 0 Å². The van der Waals surface area contributed by atoms with Crippen molar-refractivity contribution in [3.63, 3.8) is 0 Å². The standard InChI is InChI=1S/C64H42N2O/c1-3-20-43(21-4-1)48-31-17-22-44-23-18-32-53(63(44)48)49-27-8-14-37-59(49)66(57-35-12-7-26-47(57)45-40-41-62-56(42-45)52-30-11-16-39-61(52)67-62)60-38-15-10-29-51(60)55-34-19-33-54-50-28-9-13-36-58(50)65(64(54)55)46-24-5-2-6-25-46/h1-42H. The lowest BCUT2D eigenvalue weighted by Crippen LogP contribution is -2.14. The summed E-state index contributed by atoms with van der Waals surface area (Å²) in [7, 11) is 0. The molecule has 0 atom stereocenters. The van der Waals surface area contributed by atoms with Crippen LogP contribution in [0.15, 0.2) is 259 Å². The number of anilines is 3. The average Bonchev–Trinajstić information content (AvgIpc) is 3.95. The highest BCUT2D eigenvalue weighted by atomic mass is 16.3. The van der Waals surface area contributed by atoms with Crippen LogP contribution in [0.1, 0.15) is 0 Å². The van der Waals surface area contributed by atoms with Gasteiger partial charge in [-0.1, -0.05) is 200 Å². The largest absolute Gasteiger partial charge is 0.456 e. The third kappa shape index (κ3) is 6.35. The fourth-order valence-corrected chi connectivity index (χ4v) is 10.5. The van der Waals surface area contributed by atoms with Crippen molar-refractivity contribution >= 4 is 71.6 Å². The first kappa shape index (κ1) is 38.5. The van der Waals surface area contributed by atoms with Crippen LogP contribution in [0.3, 0.4) is 0 Å². The second-order valence-corrected chi connectivity index (χ2v) is 17.2. The molecule has 11 aromatic carbocycles. The van der Waals surface area contributed by atoms with E-state index in [-0.39, 0.29) is 0 Å². The van der Waals surface area contributed by atoms with Gasteiger partial charge in [-0.3, -0.25) is 0 Å². The Bertz CT molecular complexity index is 3990. The van der Waals surface area contributed by atoms with Gasteiger partial charge in [0.1, 0.15) is 11.2 Å². The Kier molecular flexibility index (Phi) is 9.17. The van der Waals surface area contributed by atoms with Crippen LogP contribution < -0.4 is 4.90 Å². The SMILES string of the molecule is c1ccc(-c2cccc3cccc(-c4ccccc4N(c4ccccc4-c4ccc5oc6ccccc6c5c4)c4ccccc4-c4cccc5c6ccccc6n(-c6ccccc6)c45)c23)cc1. The summed E-state index contributed by atoms with van der Waals surface area (Å²) in [6.07, 6.45) is 0. The maximum absolute atomic E-state index is 6.35. The number of aromatic nitrogens is 1. The van der Waals surface area contributed by atoms with Crippen molar-refractivity contribution in [1.82, 2.24) is 4.57 Å². The van der Waals surface area contributed by atoms with Gasteiger partial charge in [0, 0.05) is 49.5 Å². The summed E-state index contributed by atoms with van der Waals surface area (Å²) in [4.78, 5) is 2.51. The highest BCUT2D eigenvalue weighted by Gasteiger charge is 2.26. The van der Waals surface area contributed by atoms with E-state index >= 15 is 0 Å². The van der Waals surface area contributed by atoms with Crippen LogP contribution >= 0.6 is 0 Å². The van der Waals surface area contributed by atoms with Crippen molar-refractivity contribution in [3.8, 4) is 50.2 Å². The predicted molar refractivity (Wildman–Crippen MR) is 282 cm³/mol. The van der Waals surface area contributed by atoms with Gasteiger partial charge >= 0.3 is 0 Å². The summed E-state index contributed by atoms with van der Waals surface area (Å²) in [5.74, 6) is 0. The molecule has 3 heteroatoms. The van der Waals surface area contributed by atoms with Gasteiger partial charge in [-0.15, -0.1) is 0 Å². The van der Waals surface area contributed by atoms with E-state index in [2.05, 4.69) is 252 Å². The molecule has 0 saturated heterocycles. The number of furan rings is 1. The number of fused-ring (bicyclic) bond motifs is 7. The third-order valence-electron chi connectivity index (χ3n) is 13.4. The van der Waals surface area contributed by atoms with Crippen LogP contribution in [0.5, 0.6) is 0 Å². The Labute approximate surface area is 388 Å². The number of benzene rings is 11. The highest BCUT2D eigenvalue weighted by molar-refractivity contribution is 6.16. The molecular formula is C64H42N2O. The molecular weight excluding hydrogens is 813 g/mol. The molecule has 0 N–H and O–H groups in total. The lowest BCUT2D eigenvalue weighted by Gasteiger charge is -2.32. The minimum Gasteiger partial charge on any atom is -0.456 e. The number of hydrogen-bond acceptors (Lipinski definition) is 2. The number of nitrogens with zero attached hydrogens (tertiary/aromatic N) is 2. The molecule has 0 aliphatic rings. The van der Waals surface area contributed by atoms with Gasteiger partial charge in [-0.2, -0.15) is 0 Å². The van der Waals surface area contributed by atoms with Crippen molar-refractivity contribution in [2.45, 2.75) is 0 Å². The molecule has 0 aliphatic heterocycles. The van der Waals surface area contributed by atoms with E-state index in [0.717, 1.165) is 72.5 Å². The summed E-state index contributed by atoms with van der Waals surface area (Å²) in [6.45, 7) is 0. The molecule has 3 nitrogen and oxygen atoms in total. The van der Waals surface area contributed by atoms with Crippen molar-refractivity contribution in [2.75, 3.05) is 4.90 Å². The van der Waals surface area contributed by atoms with Crippen LogP contribution in [0.2, 0.25) is 0 Å². The molecule has 2 aromatic heterocycles. The zero-order chi connectivity index (χ0) is 44.3. The molecule has 0 aliphatic carbocycles. The highest BCUT2D eigenvalue weighted by Crippen LogP contribution is 2.51. The fourth-order valence-electron chi connectivity index (χ4n) is 10.5. The van der Waals surface area contributed by atoms with Gasteiger partial charge in [0.15, 0.2) is 0 Å². The quantitative estimate of drug-likeness (QED) is 0.152. The van der Waals surface area contributed by atoms with Crippen molar-refractivity contribution in [1.29, 1.82) is 0 Å². The summed E-state index contributed by atoms with van der Waals surface area (Å²) < 4.78 is 8.79. The Hall–Kier alpha value is -8.92. The molecule has 0 radical (unpaired) electrons. The van der Waals surface area contributed by atoms with Crippen LogP contribution in [-0.4, -0.2) is 4.57 Å². The molecule has 0 fully saturated rings. The molecule has 0 amide bonds. The number of hydrogen-bond donors (Lipinski definition) is 0. The Morgan fingerprint density at radius 3 is 1.60 bits per heavy atom. The zero-order valence-corrected chi connectivity index (χ0v) is 36.6. The molecule has 0 unspecified atom stereocenters. The topological polar surface area (TPSA) is 21.3 Å². The fraction of sp³-hybridized carbons (Fsp3) is 0. The lowest BCUT2D eigenvalue weighted by molar-refractivity contribution is 0.669. The minimum absolute atomic E-state index is 0.877. The van der Waals surface area contributed by atoms with E-state index in [0.29, 0.717) is 0 Å². The first-order valence-electron chi connectivity index (χ1n) is 22.9. The monoisotopic (exact) mass is 854 g/mol. The van der Waals surface area contributed by atoms with Crippen LogP contribution in [0.4, 0.5) is 17.1 Å². The molecule has 67 heavy (non-hydrogen) atoms. The maximum atomic E-state index is 6.35. The Morgan fingerprint density at radius 2 is 0.836 bits per heavy atom. The van der Waals surface area contributed by atoms with Gasteiger partial charge in [0.05, 0.1) is 28.1 Å². The molecule has 13 rings (SSSR count). The molecule has 2 heterocycles. The van der Waals surface area contributed by atoms with Crippen molar-refractivity contribution < 1.29 is 4.42 Å². The maximum Gasteiger partial charge on any atom is 0.135 e. The summed E-state index contributed by atoms with van der Waals surface area (Å²) >= 11 is 0. The summed E-state index contributed by atoms with van der Waals surface area (Å²) in [5.41, 5.74) is 17.6. The van der Waals surface area contributed by atoms with E-state index in [1.54, 1.807) is 0 Å². The zero-order valence-electron chi connectivity index (χ0n) is 36.6. The van der Waals surface area contributed by atoms with E-state index in [1.165, 1.54) is 49.3 Å². The minimum atomic E-state index is 0.877. The van der Waals surface area contributed by atoms with Gasteiger partial charge in [-0.05, 0) is 87.6 Å². The smallest absolute Gasteiger partial charge is 0.135 e. The molecule has 0 bridgehead atoms. The first-order valence-corrected chi connectivity index (χ1v) is 22.9. The third-order valence-corrected chi connectivity index (χ3v) is 13.4. The van der Waals surface area contributed by atoms with Crippen LogP contribution in [0, 0.1) is 0 Å². The number of rotatable bonds is 8.